The molecule has 18 heavy (non-hydrogen) atoms. The van der Waals surface area contributed by atoms with E-state index in [1.54, 1.807) is 6.07 Å². The van der Waals surface area contributed by atoms with Gasteiger partial charge in [-0.3, -0.25) is 0 Å². The quantitative estimate of drug-likeness (QED) is 0.815. The second-order valence-electron chi connectivity index (χ2n) is 4.55. The van der Waals surface area contributed by atoms with Gasteiger partial charge >= 0.3 is 5.97 Å². The van der Waals surface area contributed by atoms with Crippen molar-refractivity contribution < 1.29 is 14.6 Å². The zero-order chi connectivity index (χ0) is 13.7. The molecule has 4 nitrogen and oxygen atoms in total. The monoisotopic (exact) mass is 251 g/mol. The van der Waals surface area contributed by atoms with E-state index in [4.69, 9.17) is 15.6 Å². The van der Waals surface area contributed by atoms with E-state index in [1.165, 1.54) is 0 Å². The molecule has 0 amide bonds. The van der Waals surface area contributed by atoms with E-state index in [1.807, 2.05) is 32.9 Å². The first kappa shape index (κ1) is 14.5. The third kappa shape index (κ3) is 3.74. The van der Waals surface area contributed by atoms with Gasteiger partial charge in [-0.15, -0.1) is 0 Å². The van der Waals surface area contributed by atoms with Crippen molar-refractivity contribution in [3.63, 3.8) is 0 Å². The molecule has 1 aromatic rings. The van der Waals surface area contributed by atoms with E-state index < -0.39 is 12.1 Å². The van der Waals surface area contributed by atoms with Gasteiger partial charge in [0.2, 0.25) is 0 Å². The van der Waals surface area contributed by atoms with Gasteiger partial charge in [-0.05, 0) is 37.5 Å². The molecule has 0 spiro atoms. The lowest BCUT2D eigenvalue weighted by molar-refractivity contribution is -0.145. The van der Waals surface area contributed by atoms with E-state index in [0.29, 0.717) is 12.2 Å². The number of nitrogens with two attached hydrogens (primary N) is 1. The molecule has 1 unspecified atom stereocenters. The van der Waals surface area contributed by atoms with Crippen LogP contribution in [0.5, 0.6) is 5.75 Å². The van der Waals surface area contributed by atoms with Crippen LogP contribution in [0.3, 0.4) is 0 Å². The van der Waals surface area contributed by atoms with E-state index in [9.17, 15) is 4.79 Å². The van der Waals surface area contributed by atoms with Crippen LogP contribution in [0.2, 0.25) is 0 Å². The highest BCUT2D eigenvalue weighted by Crippen LogP contribution is 2.23. The van der Waals surface area contributed by atoms with Gasteiger partial charge in [-0.2, -0.15) is 0 Å². The van der Waals surface area contributed by atoms with Crippen molar-refractivity contribution in [2.24, 2.45) is 5.73 Å². The highest BCUT2D eigenvalue weighted by molar-refractivity contribution is 5.72. The Hall–Kier alpha value is -1.55. The molecule has 100 valence electrons. The summed E-state index contributed by atoms with van der Waals surface area (Å²) < 4.78 is 5.54. The van der Waals surface area contributed by atoms with E-state index in [2.05, 4.69) is 0 Å². The molecule has 1 rings (SSSR count). The molecule has 0 aromatic heterocycles. The first-order chi connectivity index (χ1) is 8.45. The van der Waals surface area contributed by atoms with Crippen LogP contribution in [-0.4, -0.2) is 17.2 Å². The number of hydrogen-bond donors (Lipinski definition) is 2. The van der Waals surface area contributed by atoms with Crippen LogP contribution in [0.15, 0.2) is 18.2 Å². The molecule has 0 aliphatic rings. The molecule has 1 aromatic carbocycles. The zero-order valence-corrected chi connectivity index (χ0v) is 11.1. The maximum atomic E-state index is 11.0. The Morgan fingerprint density at radius 1 is 1.50 bits per heavy atom. The second kappa shape index (κ2) is 6.40. The summed E-state index contributed by atoms with van der Waals surface area (Å²) in [6.07, 6.45) is 0.493. The Labute approximate surface area is 108 Å². The van der Waals surface area contributed by atoms with Gasteiger partial charge in [0.05, 0.1) is 0 Å². The fourth-order valence-electron chi connectivity index (χ4n) is 1.74. The van der Waals surface area contributed by atoms with Crippen molar-refractivity contribution in [3.8, 4) is 5.75 Å². The molecule has 0 heterocycles. The standard InChI is InChI=1S/C14H21NO3/c1-4-5-13(14(16)17)18-12-7-6-11(10(3)15)8-9(12)2/h6-8,10,13H,4-5,15H2,1-3H3,(H,16,17)/t10-,13?/m0/s1. The van der Waals surface area contributed by atoms with Gasteiger partial charge in [-0.1, -0.05) is 25.5 Å². The molecule has 0 fully saturated rings. The summed E-state index contributed by atoms with van der Waals surface area (Å²) in [5.74, 6) is -0.312. The summed E-state index contributed by atoms with van der Waals surface area (Å²) in [6, 6.07) is 5.56. The van der Waals surface area contributed by atoms with Crippen molar-refractivity contribution in [3.05, 3.63) is 29.3 Å². The van der Waals surface area contributed by atoms with Crippen LogP contribution in [0.1, 0.15) is 43.9 Å². The molecule has 0 saturated heterocycles. The molecule has 2 atom stereocenters. The molecule has 0 radical (unpaired) electrons. The average molecular weight is 251 g/mol. The maximum absolute atomic E-state index is 11.0. The van der Waals surface area contributed by atoms with Gasteiger partial charge in [0.25, 0.3) is 0 Å². The fourth-order valence-corrected chi connectivity index (χ4v) is 1.74. The maximum Gasteiger partial charge on any atom is 0.344 e. The molecule has 0 aliphatic heterocycles. The van der Waals surface area contributed by atoms with Crippen LogP contribution in [0.4, 0.5) is 0 Å². The minimum Gasteiger partial charge on any atom is -0.479 e. The Balaban J connectivity index is 2.86. The van der Waals surface area contributed by atoms with Gasteiger partial charge < -0.3 is 15.6 Å². The third-order valence-corrected chi connectivity index (χ3v) is 2.82. The van der Waals surface area contributed by atoms with Gasteiger partial charge in [-0.25, -0.2) is 4.79 Å². The molecule has 4 heteroatoms. The molecule has 0 saturated carbocycles. The summed E-state index contributed by atoms with van der Waals surface area (Å²) in [4.78, 5) is 11.0. The zero-order valence-electron chi connectivity index (χ0n) is 11.1. The van der Waals surface area contributed by atoms with Gasteiger partial charge in [0.15, 0.2) is 6.10 Å². The number of hydrogen-bond acceptors (Lipinski definition) is 3. The smallest absolute Gasteiger partial charge is 0.344 e. The lowest BCUT2D eigenvalue weighted by atomic mass is 10.1. The minimum atomic E-state index is -0.924. The summed E-state index contributed by atoms with van der Waals surface area (Å²) in [5, 5.41) is 9.05. The van der Waals surface area contributed by atoms with Gasteiger partial charge in [0.1, 0.15) is 5.75 Å². The number of aliphatic carboxylic acids is 1. The first-order valence-electron chi connectivity index (χ1n) is 6.21. The predicted molar refractivity (Wildman–Crippen MR) is 70.7 cm³/mol. The SMILES string of the molecule is CCCC(Oc1ccc([C@H](C)N)cc1C)C(=O)O. The average Bonchev–Trinajstić information content (AvgIpc) is 2.30. The lowest BCUT2D eigenvalue weighted by Crippen LogP contribution is -2.27. The van der Waals surface area contributed by atoms with Crippen LogP contribution >= 0.6 is 0 Å². The number of benzene rings is 1. The summed E-state index contributed by atoms with van der Waals surface area (Å²) in [6.45, 7) is 5.74. The summed E-state index contributed by atoms with van der Waals surface area (Å²) >= 11 is 0. The normalized spacial score (nSPS) is 14.0. The summed E-state index contributed by atoms with van der Waals surface area (Å²) in [5.41, 5.74) is 7.72. The largest absolute Gasteiger partial charge is 0.479 e. The first-order valence-corrected chi connectivity index (χ1v) is 6.21. The van der Waals surface area contributed by atoms with Crippen LogP contribution < -0.4 is 10.5 Å². The Morgan fingerprint density at radius 3 is 2.61 bits per heavy atom. The van der Waals surface area contributed by atoms with Crippen molar-refractivity contribution in [2.75, 3.05) is 0 Å². The fraction of sp³-hybridized carbons (Fsp3) is 0.500. The second-order valence-corrected chi connectivity index (χ2v) is 4.55. The Bertz CT molecular complexity index is 416. The van der Waals surface area contributed by atoms with Crippen LogP contribution in [-0.2, 0) is 4.79 Å². The number of carboxylic acid groups (broad SMARTS) is 1. The molecular weight excluding hydrogens is 230 g/mol. The number of carboxylic acids is 1. The van der Waals surface area contributed by atoms with E-state index in [-0.39, 0.29) is 6.04 Å². The van der Waals surface area contributed by atoms with Crippen molar-refractivity contribution in [1.29, 1.82) is 0 Å². The molecular formula is C14H21NO3. The lowest BCUT2D eigenvalue weighted by Gasteiger charge is -2.17. The number of rotatable bonds is 6. The molecule has 0 aliphatic carbocycles. The Morgan fingerprint density at radius 2 is 2.17 bits per heavy atom. The third-order valence-electron chi connectivity index (χ3n) is 2.82. The molecule has 0 bridgehead atoms. The predicted octanol–water partition coefficient (Wildman–Crippen LogP) is 2.65. The van der Waals surface area contributed by atoms with Crippen LogP contribution in [0, 0.1) is 6.92 Å². The van der Waals surface area contributed by atoms with Crippen molar-refractivity contribution in [2.45, 2.75) is 45.8 Å². The van der Waals surface area contributed by atoms with E-state index in [0.717, 1.165) is 17.5 Å². The topological polar surface area (TPSA) is 72.5 Å². The van der Waals surface area contributed by atoms with Gasteiger partial charge in [0, 0.05) is 6.04 Å². The Kier molecular flexibility index (Phi) is 5.16. The van der Waals surface area contributed by atoms with Crippen LogP contribution in [0.25, 0.3) is 0 Å². The summed E-state index contributed by atoms with van der Waals surface area (Å²) in [7, 11) is 0. The van der Waals surface area contributed by atoms with E-state index >= 15 is 0 Å². The van der Waals surface area contributed by atoms with Crippen molar-refractivity contribution in [1.82, 2.24) is 0 Å². The highest BCUT2D eigenvalue weighted by Gasteiger charge is 2.19. The number of aryl methyl sites for hydroxylation is 1. The number of carbonyl (C=O) groups is 1. The molecule has 3 N–H and O–H groups in total. The number of ether oxygens (including phenoxy) is 1. The van der Waals surface area contributed by atoms with Crippen molar-refractivity contribution >= 4 is 5.97 Å². The minimum absolute atomic E-state index is 0.0383. The highest BCUT2D eigenvalue weighted by atomic mass is 16.5.